The van der Waals surface area contributed by atoms with E-state index in [2.05, 4.69) is 5.32 Å². The first-order valence-corrected chi connectivity index (χ1v) is 5.66. The first-order chi connectivity index (χ1) is 7.18. The van der Waals surface area contributed by atoms with E-state index in [1.165, 1.54) is 11.3 Å². The Hall–Kier alpha value is -1.36. The van der Waals surface area contributed by atoms with Crippen molar-refractivity contribution in [2.45, 2.75) is 6.42 Å². The first-order valence-electron chi connectivity index (χ1n) is 4.71. The molecule has 2 rings (SSSR count). The molecule has 0 aliphatic heterocycles. The summed E-state index contributed by atoms with van der Waals surface area (Å²) in [5, 5.41) is 15.0. The summed E-state index contributed by atoms with van der Waals surface area (Å²) >= 11 is 1.47. The number of carbonyl (C=O) groups is 2. The second-order valence-corrected chi connectivity index (χ2v) is 4.44. The lowest BCUT2D eigenvalue weighted by atomic mass is 10.3. The van der Waals surface area contributed by atoms with Crippen LogP contribution >= 0.6 is 11.3 Å². The summed E-state index contributed by atoms with van der Waals surface area (Å²) in [4.78, 5) is 22.0. The van der Waals surface area contributed by atoms with Gasteiger partial charge in [0.15, 0.2) is 0 Å². The molecule has 5 heteroatoms. The molecule has 4 nitrogen and oxygen atoms in total. The summed E-state index contributed by atoms with van der Waals surface area (Å²) in [6, 6.07) is 1.75. The molecule has 1 heterocycles. The zero-order chi connectivity index (χ0) is 10.8. The Bertz CT molecular complexity index is 374. The molecular formula is C10H11NO3S. The van der Waals surface area contributed by atoms with E-state index in [1.54, 1.807) is 11.4 Å². The van der Waals surface area contributed by atoms with Crippen molar-refractivity contribution < 1.29 is 14.7 Å². The summed E-state index contributed by atoms with van der Waals surface area (Å²) in [5.41, 5.74) is 0.646. The van der Waals surface area contributed by atoms with Gasteiger partial charge in [-0.15, -0.1) is 0 Å². The molecule has 15 heavy (non-hydrogen) atoms. The average molecular weight is 225 g/mol. The van der Waals surface area contributed by atoms with Crippen molar-refractivity contribution in [2.75, 3.05) is 6.54 Å². The molecule has 0 radical (unpaired) electrons. The highest BCUT2D eigenvalue weighted by atomic mass is 32.1. The van der Waals surface area contributed by atoms with Crippen LogP contribution in [0.4, 0.5) is 0 Å². The van der Waals surface area contributed by atoms with Crippen molar-refractivity contribution in [1.82, 2.24) is 5.32 Å². The van der Waals surface area contributed by atoms with Crippen molar-refractivity contribution in [1.29, 1.82) is 0 Å². The van der Waals surface area contributed by atoms with E-state index < -0.39 is 5.97 Å². The SMILES string of the molecule is O=C(NC[C@H]1C[C@H]1C(=O)O)c1ccsc1. The largest absolute Gasteiger partial charge is 0.481 e. The van der Waals surface area contributed by atoms with Gasteiger partial charge < -0.3 is 10.4 Å². The van der Waals surface area contributed by atoms with Gasteiger partial charge in [-0.25, -0.2) is 0 Å². The molecule has 0 saturated heterocycles. The number of carboxylic acids is 1. The molecule has 0 bridgehead atoms. The van der Waals surface area contributed by atoms with Crippen LogP contribution in [0.1, 0.15) is 16.8 Å². The standard InChI is InChI=1S/C10H11NO3S/c12-9(6-1-2-15-5-6)11-4-7-3-8(7)10(13)14/h1-2,5,7-8H,3-4H2,(H,11,12)(H,13,14)/t7-,8-/m1/s1. The third-order valence-electron chi connectivity index (χ3n) is 2.55. The van der Waals surface area contributed by atoms with Crippen LogP contribution in [0.15, 0.2) is 16.8 Å². The fourth-order valence-electron chi connectivity index (χ4n) is 1.50. The van der Waals surface area contributed by atoms with E-state index in [4.69, 9.17) is 5.11 Å². The molecular weight excluding hydrogens is 214 g/mol. The Balaban J connectivity index is 1.76. The highest BCUT2D eigenvalue weighted by Gasteiger charge is 2.42. The number of hydrogen-bond donors (Lipinski definition) is 2. The number of rotatable bonds is 4. The Morgan fingerprint density at radius 2 is 2.40 bits per heavy atom. The van der Waals surface area contributed by atoms with Gasteiger partial charge >= 0.3 is 5.97 Å². The zero-order valence-electron chi connectivity index (χ0n) is 7.97. The molecule has 1 amide bonds. The second kappa shape index (κ2) is 4.02. The van der Waals surface area contributed by atoms with Gasteiger partial charge in [0, 0.05) is 17.5 Å². The zero-order valence-corrected chi connectivity index (χ0v) is 8.79. The number of amides is 1. The minimum Gasteiger partial charge on any atom is -0.481 e. The highest BCUT2D eigenvalue weighted by molar-refractivity contribution is 7.08. The van der Waals surface area contributed by atoms with E-state index in [1.807, 2.05) is 5.38 Å². The number of thiophene rings is 1. The summed E-state index contributed by atoms with van der Waals surface area (Å²) in [7, 11) is 0. The van der Waals surface area contributed by atoms with Gasteiger partial charge in [-0.2, -0.15) is 11.3 Å². The topological polar surface area (TPSA) is 66.4 Å². The number of aliphatic carboxylic acids is 1. The maximum absolute atomic E-state index is 11.5. The van der Waals surface area contributed by atoms with Crippen LogP contribution in [0.2, 0.25) is 0 Å². The summed E-state index contributed by atoms with van der Waals surface area (Å²) in [6.07, 6.45) is 0.680. The maximum atomic E-state index is 11.5. The second-order valence-electron chi connectivity index (χ2n) is 3.66. The Morgan fingerprint density at radius 3 is 2.93 bits per heavy atom. The quantitative estimate of drug-likeness (QED) is 0.809. The normalized spacial score (nSPS) is 23.5. The average Bonchev–Trinajstić information content (AvgIpc) is 2.78. The van der Waals surface area contributed by atoms with E-state index in [0.29, 0.717) is 18.5 Å². The van der Waals surface area contributed by atoms with E-state index >= 15 is 0 Å². The molecule has 1 aliphatic rings. The summed E-state index contributed by atoms with van der Waals surface area (Å²) in [6.45, 7) is 0.464. The number of carboxylic acid groups (broad SMARTS) is 1. The summed E-state index contributed by atoms with van der Waals surface area (Å²) in [5.74, 6) is -1.02. The predicted molar refractivity (Wildman–Crippen MR) is 55.9 cm³/mol. The molecule has 0 unspecified atom stereocenters. The lowest BCUT2D eigenvalue weighted by molar-refractivity contribution is -0.138. The molecule has 1 fully saturated rings. The van der Waals surface area contributed by atoms with Crippen LogP contribution in [-0.4, -0.2) is 23.5 Å². The van der Waals surface area contributed by atoms with E-state index in [9.17, 15) is 9.59 Å². The van der Waals surface area contributed by atoms with Crippen LogP contribution in [-0.2, 0) is 4.79 Å². The van der Waals surface area contributed by atoms with Crippen LogP contribution in [0.3, 0.4) is 0 Å². The minimum absolute atomic E-state index is 0.116. The lowest BCUT2D eigenvalue weighted by Crippen LogP contribution is -2.26. The number of hydrogen-bond acceptors (Lipinski definition) is 3. The van der Waals surface area contributed by atoms with Gasteiger partial charge in [-0.1, -0.05) is 0 Å². The highest BCUT2D eigenvalue weighted by Crippen LogP contribution is 2.37. The van der Waals surface area contributed by atoms with Crippen molar-refractivity contribution in [3.63, 3.8) is 0 Å². The van der Waals surface area contributed by atoms with Gasteiger partial charge in [0.05, 0.1) is 5.92 Å². The Kier molecular flexibility index (Phi) is 2.73. The summed E-state index contributed by atoms with van der Waals surface area (Å²) < 4.78 is 0. The molecule has 1 saturated carbocycles. The smallest absolute Gasteiger partial charge is 0.306 e. The van der Waals surface area contributed by atoms with E-state index in [0.717, 1.165) is 0 Å². The third kappa shape index (κ3) is 2.36. The van der Waals surface area contributed by atoms with Crippen LogP contribution in [0.5, 0.6) is 0 Å². The van der Waals surface area contributed by atoms with Gasteiger partial charge in [0.2, 0.25) is 0 Å². The first kappa shape index (κ1) is 10.2. The van der Waals surface area contributed by atoms with E-state index in [-0.39, 0.29) is 17.7 Å². The molecule has 80 valence electrons. The number of carbonyl (C=O) groups excluding carboxylic acids is 1. The van der Waals surface area contributed by atoms with Crippen molar-refractivity contribution in [3.05, 3.63) is 22.4 Å². The molecule has 1 aromatic heterocycles. The third-order valence-corrected chi connectivity index (χ3v) is 3.23. The van der Waals surface area contributed by atoms with Crippen molar-refractivity contribution >= 4 is 23.2 Å². The van der Waals surface area contributed by atoms with Gasteiger partial charge in [-0.05, 0) is 23.8 Å². The van der Waals surface area contributed by atoms with Gasteiger partial charge in [-0.3, -0.25) is 9.59 Å². The molecule has 0 spiro atoms. The van der Waals surface area contributed by atoms with Crippen LogP contribution in [0, 0.1) is 11.8 Å². The maximum Gasteiger partial charge on any atom is 0.306 e. The fraction of sp³-hybridized carbons (Fsp3) is 0.400. The van der Waals surface area contributed by atoms with Gasteiger partial charge in [0.1, 0.15) is 0 Å². The van der Waals surface area contributed by atoms with Crippen molar-refractivity contribution in [2.24, 2.45) is 11.8 Å². The number of nitrogens with one attached hydrogen (secondary N) is 1. The molecule has 2 N–H and O–H groups in total. The predicted octanol–water partition coefficient (Wildman–Crippen LogP) is 1.20. The molecule has 1 aliphatic carbocycles. The molecule has 0 aromatic carbocycles. The van der Waals surface area contributed by atoms with Crippen LogP contribution < -0.4 is 5.32 Å². The van der Waals surface area contributed by atoms with Gasteiger partial charge in [0.25, 0.3) is 5.91 Å². The Morgan fingerprint density at radius 1 is 1.60 bits per heavy atom. The van der Waals surface area contributed by atoms with Crippen molar-refractivity contribution in [3.8, 4) is 0 Å². The molecule has 2 atom stereocenters. The minimum atomic E-state index is -0.759. The monoisotopic (exact) mass is 225 g/mol. The Labute approximate surface area is 90.9 Å². The molecule has 1 aromatic rings. The fourth-order valence-corrected chi connectivity index (χ4v) is 2.13. The lowest BCUT2D eigenvalue weighted by Gasteiger charge is -2.01. The van der Waals surface area contributed by atoms with Crippen LogP contribution in [0.25, 0.3) is 0 Å².